The first kappa shape index (κ1) is 25.6. The molecule has 3 aromatic heterocycles. The topological polar surface area (TPSA) is 82.1 Å². The van der Waals surface area contributed by atoms with Crippen LogP contribution >= 0.6 is 22.7 Å². The lowest BCUT2D eigenvalue weighted by Gasteiger charge is -2.32. The number of hydrogen-bond donors (Lipinski definition) is 0. The second-order valence-electron chi connectivity index (χ2n) is 9.59. The molecular formula is C28H28N6O3S2. The molecule has 2 amide bonds. The first-order chi connectivity index (χ1) is 19.0. The van der Waals surface area contributed by atoms with Crippen molar-refractivity contribution in [1.82, 2.24) is 24.8 Å². The average molecular weight is 561 g/mol. The molecule has 1 fully saturated rings. The number of ether oxygens (including phenoxy) is 1. The molecule has 2 aliphatic rings. The van der Waals surface area contributed by atoms with Crippen LogP contribution in [0.2, 0.25) is 0 Å². The molecular weight excluding hydrogens is 532 g/mol. The predicted octanol–water partition coefficient (Wildman–Crippen LogP) is 4.41. The zero-order valence-electron chi connectivity index (χ0n) is 21.7. The summed E-state index contributed by atoms with van der Waals surface area (Å²) >= 11 is 2.96. The van der Waals surface area contributed by atoms with Crippen LogP contribution in [0.4, 0.5) is 10.8 Å². The number of rotatable bonds is 8. The summed E-state index contributed by atoms with van der Waals surface area (Å²) < 4.78 is 6.10. The normalized spacial score (nSPS) is 16.8. The number of imide groups is 1. The lowest BCUT2D eigenvalue weighted by atomic mass is 10.2. The van der Waals surface area contributed by atoms with Crippen molar-refractivity contribution >= 4 is 55.5 Å². The minimum atomic E-state index is -0.398. The van der Waals surface area contributed by atoms with Gasteiger partial charge in [0.2, 0.25) is 0 Å². The number of carbonyl (C=O) groups is 2. The van der Waals surface area contributed by atoms with Crippen molar-refractivity contribution in [1.29, 1.82) is 0 Å². The molecule has 1 saturated heterocycles. The molecule has 0 aliphatic carbocycles. The fourth-order valence-corrected chi connectivity index (χ4v) is 6.43. The number of fused-ring (bicyclic) bond motifs is 1. The predicted molar refractivity (Wildman–Crippen MR) is 154 cm³/mol. The number of amides is 2. The van der Waals surface area contributed by atoms with Crippen molar-refractivity contribution in [3.63, 3.8) is 0 Å². The molecule has 0 atom stereocenters. The van der Waals surface area contributed by atoms with E-state index < -0.39 is 5.91 Å². The second-order valence-corrected chi connectivity index (χ2v) is 11.5. The lowest BCUT2D eigenvalue weighted by Crippen LogP contribution is -2.45. The van der Waals surface area contributed by atoms with Crippen LogP contribution in [0.25, 0.3) is 20.7 Å². The zero-order chi connectivity index (χ0) is 26.9. The van der Waals surface area contributed by atoms with E-state index in [1.807, 2.05) is 47.8 Å². The summed E-state index contributed by atoms with van der Waals surface area (Å²) in [5, 5.41) is 6.16. The van der Waals surface area contributed by atoms with Gasteiger partial charge in [0.15, 0.2) is 5.82 Å². The lowest BCUT2D eigenvalue weighted by molar-refractivity contribution is -0.137. The van der Waals surface area contributed by atoms with Crippen molar-refractivity contribution in [3.05, 3.63) is 65.8 Å². The van der Waals surface area contributed by atoms with Gasteiger partial charge in [-0.25, -0.2) is 15.0 Å². The van der Waals surface area contributed by atoms with Gasteiger partial charge in [-0.2, -0.15) is 5.01 Å². The van der Waals surface area contributed by atoms with Crippen molar-refractivity contribution in [3.8, 4) is 16.2 Å². The highest BCUT2D eigenvalue weighted by atomic mass is 32.1. The van der Waals surface area contributed by atoms with Crippen molar-refractivity contribution in [2.45, 2.75) is 6.92 Å². The molecule has 9 nitrogen and oxygen atoms in total. The van der Waals surface area contributed by atoms with Gasteiger partial charge in [-0.1, -0.05) is 12.1 Å². The summed E-state index contributed by atoms with van der Waals surface area (Å²) in [5.41, 5.74) is 1.39. The number of anilines is 2. The van der Waals surface area contributed by atoms with Crippen LogP contribution in [0.3, 0.4) is 0 Å². The Hall–Kier alpha value is -3.64. The Morgan fingerprint density at radius 3 is 2.69 bits per heavy atom. The monoisotopic (exact) mass is 560 g/mol. The Kier molecular flexibility index (Phi) is 7.13. The van der Waals surface area contributed by atoms with Crippen LogP contribution in [0.1, 0.15) is 6.92 Å². The van der Waals surface area contributed by atoms with Gasteiger partial charge in [-0.3, -0.25) is 14.5 Å². The van der Waals surface area contributed by atoms with E-state index >= 15 is 0 Å². The van der Waals surface area contributed by atoms with Crippen LogP contribution in [-0.2, 0) is 9.59 Å². The maximum absolute atomic E-state index is 13.1. The number of carbonyl (C=O) groups excluding carboxylic acids is 2. The number of thiophene rings is 2. The SMILES string of the molecule is CC1=CC(=O)N(N(c2ccc(-c3cccc(OCCN4CCN(C)CC4)c3)s2)c2ncnc3sccc23)C1=O. The van der Waals surface area contributed by atoms with Crippen LogP contribution in [-0.4, -0.2) is 83.0 Å². The Morgan fingerprint density at radius 1 is 1.05 bits per heavy atom. The Bertz CT molecular complexity index is 1560. The summed E-state index contributed by atoms with van der Waals surface area (Å²) in [6, 6.07) is 13.8. The largest absolute Gasteiger partial charge is 0.492 e. The Balaban J connectivity index is 1.26. The fourth-order valence-electron chi connectivity index (χ4n) is 4.71. The average Bonchev–Trinajstić information content (AvgIpc) is 3.67. The first-order valence-corrected chi connectivity index (χ1v) is 14.5. The van der Waals surface area contributed by atoms with Crippen molar-refractivity contribution in [2.24, 2.45) is 0 Å². The quantitative estimate of drug-likeness (QED) is 0.293. The maximum atomic E-state index is 13.1. The number of likely N-dealkylation sites (N-methyl/N-ethyl adjacent to an activating group) is 1. The molecule has 2 aliphatic heterocycles. The Morgan fingerprint density at radius 2 is 1.90 bits per heavy atom. The van der Waals surface area contributed by atoms with Crippen LogP contribution < -0.4 is 9.75 Å². The van der Waals surface area contributed by atoms with E-state index in [1.54, 1.807) is 11.9 Å². The van der Waals surface area contributed by atoms with E-state index in [0.29, 0.717) is 23.0 Å². The van der Waals surface area contributed by atoms with Crippen LogP contribution in [0.5, 0.6) is 5.75 Å². The molecule has 0 radical (unpaired) electrons. The van der Waals surface area contributed by atoms with Gasteiger partial charge in [-0.15, -0.1) is 22.7 Å². The highest BCUT2D eigenvalue weighted by Gasteiger charge is 2.37. The van der Waals surface area contributed by atoms with Gasteiger partial charge in [0, 0.05) is 49.3 Å². The standard InChI is InChI=1S/C28H28N6O3S2/c1-19-16-24(35)33(28(19)36)34(26-22-8-15-38-27(22)30-18-29-26)25-7-6-23(39-25)20-4-3-5-21(17-20)37-14-13-32-11-9-31(2)10-12-32/h3-8,15-18H,9-14H2,1-2H3. The van der Waals surface area contributed by atoms with E-state index in [1.165, 1.54) is 35.1 Å². The summed E-state index contributed by atoms with van der Waals surface area (Å²) in [4.78, 5) is 41.4. The molecule has 5 heterocycles. The minimum absolute atomic E-state index is 0.368. The van der Waals surface area contributed by atoms with Gasteiger partial charge in [0.05, 0.1) is 5.39 Å². The molecule has 0 bridgehead atoms. The first-order valence-electron chi connectivity index (χ1n) is 12.8. The van der Waals surface area contributed by atoms with E-state index in [4.69, 9.17) is 4.74 Å². The third-order valence-electron chi connectivity index (χ3n) is 6.91. The van der Waals surface area contributed by atoms with Gasteiger partial charge in [0.25, 0.3) is 11.8 Å². The highest BCUT2D eigenvalue weighted by molar-refractivity contribution is 7.19. The fraction of sp³-hybridized carbons (Fsp3) is 0.286. The number of hydrazine groups is 1. The molecule has 0 spiro atoms. The van der Waals surface area contributed by atoms with E-state index in [2.05, 4.69) is 26.8 Å². The zero-order valence-corrected chi connectivity index (χ0v) is 23.4. The highest BCUT2D eigenvalue weighted by Crippen LogP contribution is 2.41. The third-order valence-corrected chi connectivity index (χ3v) is 8.84. The maximum Gasteiger partial charge on any atom is 0.276 e. The summed E-state index contributed by atoms with van der Waals surface area (Å²) in [6.45, 7) is 7.48. The minimum Gasteiger partial charge on any atom is -0.492 e. The summed E-state index contributed by atoms with van der Waals surface area (Å²) in [5.74, 6) is 0.534. The van der Waals surface area contributed by atoms with Crippen molar-refractivity contribution < 1.29 is 14.3 Å². The Labute approximate surface area is 234 Å². The van der Waals surface area contributed by atoms with Crippen molar-refractivity contribution in [2.75, 3.05) is 51.4 Å². The number of piperazine rings is 1. The van der Waals surface area contributed by atoms with Crippen LogP contribution in [0.15, 0.2) is 65.8 Å². The second kappa shape index (κ2) is 10.9. The van der Waals surface area contributed by atoms with E-state index in [9.17, 15) is 9.59 Å². The molecule has 200 valence electrons. The summed E-state index contributed by atoms with van der Waals surface area (Å²) in [6.07, 6.45) is 2.82. The van der Waals surface area contributed by atoms with Gasteiger partial charge in [-0.05, 0) is 55.2 Å². The summed E-state index contributed by atoms with van der Waals surface area (Å²) in [7, 11) is 2.16. The molecule has 4 aromatic rings. The number of hydrogen-bond acceptors (Lipinski definition) is 10. The molecule has 11 heteroatoms. The van der Waals surface area contributed by atoms with Crippen LogP contribution in [0, 0.1) is 0 Å². The molecule has 39 heavy (non-hydrogen) atoms. The molecule has 6 rings (SSSR count). The van der Waals surface area contributed by atoms with Gasteiger partial charge < -0.3 is 9.64 Å². The molecule has 0 unspecified atom stereocenters. The van der Waals surface area contributed by atoms with E-state index in [0.717, 1.165) is 64.1 Å². The third kappa shape index (κ3) is 5.18. The smallest absolute Gasteiger partial charge is 0.276 e. The van der Waals surface area contributed by atoms with E-state index in [-0.39, 0.29) is 5.91 Å². The number of nitrogens with zero attached hydrogens (tertiary/aromatic N) is 6. The number of aromatic nitrogens is 2. The van der Waals surface area contributed by atoms with Gasteiger partial charge in [0.1, 0.15) is 28.5 Å². The number of benzene rings is 1. The molecule has 0 N–H and O–H groups in total. The van der Waals surface area contributed by atoms with Gasteiger partial charge >= 0.3 is 0 Å². The molecule has 0 saturated carbocycles. The molecule has 1 aromatic carbocycles.